The van der Waals surface area contributed by atoms with Crippen molar-refractivity contribution < 1.29 is 8.42 Å². The van der Waals surface area contributed by atoms with Crippen molar-refractivity contribution in [3.05, 3.63) is 23.8 Å². The number of sulfonamides is 1. The van der Waals surface area contributed by atoms with Crippen LogP contribution in [-0.2, 0) is 16.4 Å². The zero-order chi connectivity index (χ0) is 11.9. The lowest BCUT2D eigenvalue weighted by atomic mass is 10.4. The van der Waals surface area contributed by atoms with E-state index in [-0.39, 0.29) is 12.2 Å². The summed E-state index contributed by atoms with van der Waals surface area (Å²) in [5.41, 5.74) is 0.944. The van der Waals surface area contributed by atoms with E-state index >= 15 is 0 Å². The third-order valence-electron chi connectivity index (χ3n) is 1.44. The van der Waals surface area contributed by atoms with Gasteiger partial charge in [-0.2, -0.15) is 0 Å². The van der Waals surface area contributed by atoms with Crippen molar-refractivity contribution in [2.75, 3.05) is 5.75 Å². The van der Waals surface area contributed by atoms with E-state index in [2.05, 4.69) is 9.97 Å². The molecule has 1 rings (SSSR count). The lowest BCUT2D eigenvalue weighted by Gasteiger charge is -1.98. The number of nitrogens with zero attached hydrogens (tertiary/aromatic N) is 2. The Morgan fingerprint density at radius 3 is 2.13 bits per heavy atom. The zero-order valence-corrected chi connectivity index (χ0v) is 10.1. The molecule has 0 amide bonds. The molecule has 0 unspecified atom stereocenters. The fourth-order valence-corrected chi connectivity index (χ4v) is 1.25. The first kappa shape index (κ1) is 14.0. The Balaban J connectivity index is 0.000000921. The lowest BCUT2D eigenvalue weighted by molar-refractivity contribution is 0.596. The summed E-state index contributed by atoms with van der Waals surface area (Å²) in [6.45, 7) is 5.86. The number of aromatic nitrogens is 2. The largest absolute Gasteiger partial charge is 0.241 e. The van der Waals surface area contributed by atoms with E-state index in [1.165, 1.54) is 0 Å². The molecule has 0 bridgehead atoms. The van der Waals surface area contributed by atoms with Crippen LogP contribution in [0.25, 0.3) is 0 Å². The van der Waals surface area contributed by atoms with Crippen LogP contribution in [-0.4, -0.2) is 24.1 Å². The van der Waals surface area contributed by atoms with E-state index in [0.717, 1.165) is 5.56 Å². The molecule has 0 aromatic carbocycles. The van der Waals surface area contributed by atoms with E-state index in [1.807, 2.05) is 20.8 Å². The molecular weight excluding hydrogens is 214 g/mol. The van der Waals surface area contributed by atoms with Gasteiger partial charge in [-0.3, -0.25) is 0 Å². The first-order chi connectivity index (χ1) is 6.97. The smallest absolute Gasteiger partial charge is 0.209 e. The van der Waals surface area contributed by atoms with Crippen LogP contribution >= 0.6 is 0 Å². The first-order valence-corrected chi connectivity index (χ1v) is 6.47. The zero-order valence-electron chi connectivity index (χ0n) is 9.27. The van der Waals surface area contributed by atoms with Gasteiger partial charge in [0.25, 0.3) is 0 Å². The van der Waals surface area contributed by atoms with Crippen LogP contribution in [0.3, 0.4) is 0 Å². The lowest BCUT2D eigenvalue weighted by Crippen LogP contribution is -2.18. The predicted molar refractivity (Wildman–Crippen MR) is 59.8 cm³/mol. The molecule has 0 fully saturated rings. The van der Waals surface area contributed by atoms with Gasteiger partial charge in [0.05, 0.1) is 5.75 Å². The number of nitrogens with two attached hydrogens (primary N) is 1. The van der Waals surface area contributed by atoms with Gasteiger partial charge in [0, 0.05) is 18.8 Å². The Bertz CT molecular complexity index is 373. The van der Waals surface area contributed by atoms with E-state index in [1.54, 1.807) is 12.4 Å². The third-order valence-corrected chi connectivity index (χ3v) is 2.22. The molecule has 0 aliphatic carbocycles. The maximum atomic E-state index is 10.6. The molecule has 0 saturated carbocycles. The Morgan fingerprint density at radius 1 is 1.27 bits per heavy atom. The van der Waals surface area contributed by atoms with E-state index < -0.39 is 10.0 Å². The van der Waals surface area contributed by atoms with Gasteiger partial charge in [-0.1, -0.05) is 13.8 Å². The molecule has 0 saturated heterocycles. The van der Waals surface area contributed by atoms with E-state index in [0.29, 0.717) is 5.82 Å². The fourth-order valence-electron chi connectivity index (χ4n) is 0.782. The molecule has 1 aromatic heterocycles. The SMILES string of the molecule is CC.Cc1cnc(CCS(N)(=O)=O)nc1. The van der Waals surface area contributed by atoms with Crippen molar-refractivity contribution in [2.45, 2.75) is 27.2 Å². The average molecular weight is 231 g/mol. The second-order valence-electron chi connectivity index (χ2n) is 2.79. The number of aryl methyl sites for hydroxylation is 2. The van der Waals surface area contributed by atoms with Crippen LogP contribution in [0.5, 0.6) is 0 Å². The number of hydrogen-bond acceptors (Lipinski definition) is 4. The summed E-state index contributed by atoms with van der Waals surface area (Å²) in [5, 5.41) is 4.83. The van der Waals surface area contributed by atoms with Gasteiger partial charge >= 0.3 is 0 Å². The van der Waals surface area contributed by atoms with Gasteiger partial charge in [0.15, 0.2) is 0 Å². The Hall–Kier alpha value is -1.01. The summed E-state index contributed by atoms with van der Waals surface area (Å²) in [6, 6.07) is 0. The highest BCUT2D eigenvalue weighted by Gasteiger charge is 2.04. The van der Waals surface area contributed by atoms with Gasteiger partial charge < -0.3 is 0 Å². The molecule has 1 aromatic rings. The monoisotopic (exact) mass is 231 g/mol. The minimum absolute atomic E-state index is 0.115. The van der Waals surface area contributed by atoms with Crippen molar-refractivity contribution >= 4 is 10.0 Å². The summed E-state index contributed by atoms with van der Waals surface area (Å²) in [4.78, 5) is 7.90. The highest BCUT2D eigenvalue weighted by atomic mass is 32.2. The van der Waals surface area contributed by atoms with Crippen LogP contribution in [0.15, 0.2) is 12.4 Å². The van der Waals surface area contributed by atoms with Crippen LogP contribution in [0.4, 0.5) is 0 Å². The topological polar surface area (TPSA) is 85.9 Å². The molecule has 15 heavy (non-hydrogen) atoms. The first-order valence-electron chi connectivity index (χ1n) is 4.75. The van der Waals surface area contributed by atoms with Crippen LogP contribution in [0.1, 0.15) is 25.2 Å². The van der Waals surface area contributed by atoms with Crippen molar-refractivity contribution in [1.82, 2.24) is 9.97 Å². The molecule has 0 spiro atoms. The van der Waals surface area contributed by atoms with E-state index in [9.17, 15) is 8.42 Å². The quantitative estimate of drug-likeness (QED) is 0.827. The summed E-state index contributed by atoms with van der Waals surface area (Å²) in [6.07, 6.45) is 3.55. The molecule has 5 nitrogen and oxygen atoms in total. The van der Waals surface area contributed by atoms with Gasteiger partial charge in [0.1, 0.15) is 5.82 Å². The molecule has 6 heteroatoms. The third kappa shape index (κ3) is 6.98. The second-order valence-corrected chi connectivity index (χ2v) is 4.53. The Kier molecular flexibility index (Phi) is 6.03. The Morgan fingerprint density at radius 2 is 1.73 bits per heavy atom. The maximum absolute atomic E-state index is 10.6. The number of primary sulfonamides is 1. The average Bonchev–Trinajstić information content (AvgIpc) is 2.19. The second kappa shape index (κ2) is 6.47. The van der Waals surface area contributed by atoms with Crippen LogP contribution < -0.4 is 5.14 Å². The summed E-state index contributed by atoms with van der Waals surface area (Å²) < 4.78 is 21.2. The molecule has 0 aliphatic heterocycles. The molecule has 2 N–H and O–H groups in total. The molecule has 1 heterocycles. The van der Waals surface area contributed by atoms with Gasteiger partial charge in [-0.25, -0.2) is 23.5 Å². The standard InChI is InChI=1S/C7H11N3O2S.C2H6/c1-6-4-9-7(10-5-6)2-3-13(8,11)12;1-2/h4-5H,2-3H2,1H3,(H2,8,11,12);1-2H3. The Labute approximate surface area is 90.8 Å². The summed E-state index contributed by atoms with van der Waals surface area (Å²) in [5.74, 6) is 0.385. The van der Waals surface area contributed by atoms with Crippen molar-refractivity contribution in [3.63, 3.8) is 0 Å². The predicted octanol–water partition coefficient (Wildman–Crippen LogP) is 0.642. The normalized spacial score (nSPS) is 10.4. The molecule has 86 valence electrons. The summed E-state index contributed by atoms with van der Waals surface area (Å²) in [7, 11) is -3.41. The molecule has 0 radical (unpaired) electrons. The van der Waals surface area contributed by atoms with Gasteiger partial charge in [0.2, 0.25) is 10.0 Å². The minimum Gasteiger partial charge on any atom is -0.241 e. The van der Waals surface area contributed by atoms with Crippen molar-refractivity contribution in [2.24, 2.45) is 5.14 Å². The molecule has 0 aliphatic rings. The van der Waals surface area contributed by atoms with Crippen LogP contribution in [0, 0.1) is 6.92 Å². The summed E-state index contributed by atoms with van der Waals surface area (Å²) >= 11 is 0. The van der Waals surface area contributed by atoms with E-state index in [4.69, 9.17) is 5.14 Å². The highest BCUT2D eigenvalue weighted by molar-refractivity contribution is 7.89. The van der Waals surface area contributed by atoms with Gasteiger partial charge in [-0.15, -0.1) is 0 Å². The maximum Gasteiger partial charge on any atom is 0.209 e. The fraction of sp³-hybridized carbons (Fsp3) is 0.556. The van der Waals surface area contributed by atoms with Crippen molar-refractivity contribution in [1.29, 1.82) is 0 Å². The highest BCUT2D eigenvalue weighted by Crippen LogP contribution is 1.95. The number of hydrogen-bond donors (Lipinski definition) is 1. The van der Waals surface area contributed by atoms with Crippen molar-refractivity contribution in [3.8, 4) is 0 Å². The minimum atomic E-state index is -3.41. The number of rotatable bonds is 3. The molecule has 0 atom stereocenters. The van der Waals surface area contributed by atoms with Gasteiger partial charge in [-0.05, 0) is 12.5 Å². The molecular formula is C9H17N3O2S. The van der Waals surface area contributed by atoms with Crippen LogP contribution in [0.2, 0.25) is 0 Å².